The molecule has 1 aromatic heterocycles. The van der Waals surface area contributed by atoms with Crippen LogP contribution in [0.5, 0.6) is 0 Å². The zero-order valence-corrected chi connectivity index (χ0v) is 11.7. The predicted octanol–water partition coefficient (Wildman–Crippen LogP) is 1.37. The van der Waals surface area contributed by atoms with E-state index in [2.05, 4.69) is 28.7 Å². The molecule has 102 valence electrons. The van der Waals surface area contributed by atoms with Crippen LogP contribution in [0.3, 0.4) is 0 Å². The number of hydrogen-bond acceptors (Lipinski definition) is 3. The standard InChI is InChI=1S/C14H19N3O2/c1-8(2)17(4)7-10-9(3)5-6-11-12(10)16-14(19)13(18)15-11/h5-6,8H,7H2,1-4H3,(H,15,18)(H,16,19). The summed E-state index contributed by atoms with van der Waals surface area (Å²) in [6, 6.07) is 4.19. The van der Waals surface area contributed by atoms with E-state index < -0.39 is 11.1 Å². The van der Waals surface area contributed by atoms with Gasteiger partial charge in [-0.2, -0.15) is 0 Å². The van der Waals surface area contributed by atoms with Crippen molar-refractivity contribution in [2.24, 2.45) is 0 Å². The third-order valence-corrected chi connectivity index (χ3v) is 3.53. The summed E-state index contributed by atoms with van der Waals surface area (Å²) in [5.74, 6) is 0. The molecule has 5 heteroatoms. The molecule has 2 aromatic rings. The van der Waals surface area contributed by atoms with Gasteiger partial charge in [0.05, 0.1) is 11.0 Å². The fourth-order valence-corrected chi connectivity index (χ4v) is 1.98. The van der Waals surface area contributed by atoms with Gasteiger partial charge < -0.3 is 9.97 Å². The Kier molecular flexibility index (Phi) is 3.57. The molecule has 0 radical (unpaired) electrons. The van der Waals surface area contributed by atoms with Crippen LogP contribution in [-0.4, -0.2) is 28.0 Å². The number of H-pyrrole nitrogens is 2. The highest BCUT2D eigenvalue weighted by Gasteiger charge is 2.11. The van der Waals surface area contributed by atoms with Crippen molar-refractivity contribution in [3.63, 3.8) is 0 Å². The van der Waals surface area contributed by atoms with E-state index in [0.717, 1.165) is 23.2 Å². The molecule has 0 bridgehead atoms. The van der Waals surface area contributed by atoms with Gasteiger partial charge in [0.2, 0.25) is 0 Å². The van der Waals surface area contributed by atoms with Crippen molar-refractivity contribution in [3.8, 4) is 0 Å². The normalized spacial score (nSPS) is 11.7. The van der Waals surface area contributed by atoms with Crippen LogP contribution in [0.4, 0.5) is 0 Å². The number of aryl methyl sites for hydroxylation is 1. The quantitative estimate of drug-likeness (QED) is 0.820. The first kappa shape index (κ1) is 13.5. The number of hydrogen-bond donors (Lipinski definition) is 2. The Balaban J connectivity index is 2.64. The lowest BCUT2D eigenvalue weighted by molar-refractivity contribution is 0.266. The number of fused-ring (bicyclic) bond motifs is 1. The molecule has 0 saturated carbocycles. The van der Waals surface area contributed by atoms with Crippen LogP contribution in [0.15, 0.2) is 21.7 Å². The summed E-state index contributed by atoms with van der Waals surface area (Å²) in [6.45, 7) is 6.96. The number of aromatic nitrogens is 2. The van der Waals surface area contributed by atoms with Crippen LogP contribution in [0.1, 0.15) is 25.0 Å². The summed E-state index contributed by atoms with van der Waals surface area (Å²) in [5, 5.41) is 0. The third-order valence-electron chi connectivity index (χ3n) is 3.53. The summed E-state index contributed by atoms with van der Waals surface area (Å²) in [5.41, 5.74) is 2.32. The lowest BCUT2D eigenvalue weighted by Crippen LogP contribution is -2.30. The van der Waals surface area contributed by atoms with Gasteiger partial charge in [-0.15, -0.1) is 0 Å². The number of nitrogens with one attached hydrogen (secondary N) is 2. The van der Waals surface area contributed by atoms with Gasteiger partial charge in [0, 0.05) is 12.6 Å². The minimum Gasteiger partial charge on any atom is -0.316 e. The Hall–Kier alpha value is -1.88. The largest absolute Gasteiger partial charge is 0.316 e. The van der Waals surface area contributed by atoms with Gasteiger partial charge in [-0.3, -0.25) is 14.5 Å². The van der Waals surface area contributed by atoms with E-state index in [9.17, 15) is 9.59 Å². The lowest BCUT2D eigenvalue weighted by Gasteiger charge is -2.22. The molecule has 0 atom stereocenters. The van der Waals surface area contributed by atoms with Crippen molar-refractivity contribution in [1.29, 1.82) is 0 Å². The number of nitrogens with zero attached hydrogens (tertiary/aromatic N) is 1. The predicted molar refractivity (Wildman–Crippen MR) is 76.5 cm³/mol. The van der Waals surface area contributed by atoms with E-state index in [-0.39, 0.29) is 0 Å². The zero-order valence-electron chi connectivity index (χ0n) is 11.7. The summed E-state index contributed by atoms with van der Waals surface area (Å²) >= 11 is 0. The summed E-state index contributed by atoms with van der Waals surface area (Å²) in [7, 11) is 2.03. The molecular formula is C14H19N3O2. The average molecular weight is 261 g/mol. The smallest absolute Gasteiger partial charge is 0.314 e. The molecule has 0 spiro atoms. The van der Waals surface area contributed by atoms with Crippen LogP contribution in [-0.2, 0) is 6.54 Å². The molecular weight excluding hydrogens is 242 g/mol. The summed E-state index contributed by atoms with van der Waals surface area (Å²) in [4.78, 5) is 30.3. The summed E-state index contributed by atoms with van der Waals surface area (Å²) in [6.07, 6.45) is 0. The Morgan fingerprint density at radius 3 is 2.42 bits per heavy atom. The highest BCUT2D eigenvalue weighted by atomic mass is 16.2. The Bertz CT molecular complexity index is 713. The van der Waals surface area contributed by atoms with Crippen molar-refractivity contribution in [2.45, 2.75) is 33.4 Å². The maximum absolute atomic E-state index is 11.5. The Morgan fingerprint density at radius 2 is 1.79 bits per heavy atom. The Morgan fingerprint density at radius 1 is 1.16 bits per heavy atom. The van der Waals surface area contributed by atoms with Gasteiger partial charge in [0.1, 0.15) is 0 Å². The van der Waals surface area contributed by atoms with E-state index in [0.29, 0.717) is 11.6 Å². The van der Waals surface area contributed by atoms with E-state index >= 15 is 0 Å². The maximum Gasteiger partial charge on any atom is 0.314 e. The molecule has 0 fully saturated rings. The highest BCUT2D eigenvalue weighted by Crippen LogP contribution is 2.19. The van der Waals surface area contributed by atoms with E-state index in [1.165, 1.54) is 0 Å². The Labute approximate surface area is 111 Å². The van der Waals surface area contributed by atoms with E-state index in [1.54, 1.807) is 0 Å². The second-order valence-corrected chi connectivity index (χ2v) is 5.20. The zero-order chi connectivity index (χ0) is 14.2. The average Bonchev–Trinajstić information content (AvgIpc) is 2.35. The van der Waals surface area contributed by atoms with Crippen LogP contribution in [0.2, 0.25) is 0 Å². The molecule has 0 aliphatic rings. The van der Waals surface area contributed by atoms with Gasteiger partial charge in [-0.05, 0) is 45.0 Å². The van der Waals surface area contributed by atoms with Gasteiger partial charge in [-0.25, -0.2) is 0 Å². The molecule has 0 aliphatic heterocycles. The van der Waals surface area contributed by atoms with Gasteiger partial charge >= 0.3 is 11.1 Å². The second-order valence-electron chi connectivity index (χ2n) is 5.20. The first-order chi connectivity index (χ1) is 8.90. The highest BCUT2D eigenvalue weighted by molar-refractivity contribution is 5.78. The van der Waals surface area contributed by atoms with Crippen LogP contribution < -0.4 is 11.1 Å². The van der Waals surface area contributed by atoms with Gasteiger partial charge in [-0.1, -0.05) is 6.07 Å². The maximum atomic E-state index is 11.5. The van der Waals surface area contributed by atoms with Crippen molar-refractivity contribution < 1.29 is 0 Å². The molecule has 2 N–H and O–H groups in total. The molecule has 1 heterocycles. The van der Waals surface area contributed by atoms with Crippen LogP contribution in [0, 0.1) is 6.92 Å². The topological polar surface area (TPSA) is 69.0 Å². The molecule has 0 amide bonds. The van der Waals surface area contributed by atoms with Gasteiger partial charge in [0.25, 0.3) is 0 Å². The third kappa shape index (κ3) is 2.61. The van der Waals surface area contributed by atoms with Crippen molar-refractivity contribution >= 4 is 11.0 Å². The minimum absolute atomic E-state index is 0.407. The fourth-order valence-electron chi connectivity index (χ4n) is 1.98. The van der Waals surface area contributed by atoms with E-state index in [1.807, 2.05) is 26.1 Å². The van der Waals surface area contributed by atoms with E-state index in [4.69, 9.17) is 0 Å². The molecule has 1 aromatic carbocycles. The fraction of sp³-hybridized carbons (Fsp3) is 0.429. The van der Waals surface area contributed by atoms with Crippen LogP contribution >= 0.6 is 0 Å². The van der Waals surface area contributed by atoms with Crippen molar-refractivity contribution in [3.05, 3.63) is 44.0 Å². The number of rotatable bonds is 3. The molecule has 0 unspecified atom stereocenters. The molecule has 5 nitrogen and oxygen atoms in total. The monoisotopic (exact) mass is 261 g/mol. The molecule has 0 aliphatic carbocycles. The van der Waals surface area contributed by atoms with Gasteiger partial charge in [0.15, 0.2) is 0 Å². The van der Waals surface area contributed by atoms with Crippen LogP contribution in [0.25, 0.3) is 11.0 Å². The second kappa shape index (κ2) is 5.01. The molecule has 2 rings (SSSR count). The molecule has 0 saturated heterocycles. The van der Waals surface area contributed by atoms with Crippen molar-refractivity contribution in [2.75, 3.05) is 7.05 Å². The SMILES string of the molecule is Cc1ccc2[nH]c(=O)c(=O)[nH]c2c1CN(C)C(C)C. The molecule has 19 heavy (non-hydrogen) atoms. The van der Waals surface area contributed by atoms with Crippen molar-refractivity contribution in [1.82, 2.24) is 14.9 Å². The first-order valence-electron chi connectivity index (χ1n) is 6.35. The number of benzene rings is 1. The first-order valence-corrected chi connectivity index (χ1v) is 6.35. The lowest BCUT2D eigenvalue weighted by atomic mass is 10.1. The minimum atomic E-state index is -0.612. The number of aromatic amines is 2. The summed E-state index contributed by atoms with van der Waals surface area (Å²) < 4.78 is 0.